The first-order valence-electron chi connectivity index (χ1n) is 8.14. The third-order valence-electron chi connectivity index (χ3n) is 3.94. The molecule has 1 N–H and O–H groups in total. The minimum atomic E-state index is -0.818. The van der Waals surface area contributed by atoms with Crippen molar-refractivity contribution in [2.45, 2.75) is 25.8 Å². The second-order valence-corrected chi connectivity index (χ2v) is 6.88. The number of rotatable bonds is 7. The summed E-state index contributed by atoms with van der Waals surface area (Å²) < 4.78 is 11.1. The van der Waals surface area contributed by atoms with Crippen molar-refractivity contribution in [3.8, 4) is 0 Å². The van der Waals surface area contributed by atoms with Gasteiger partial charge in [0.2, 0.25) is 0 Å². The lowest BCUT2D eigenvalue weighted by molar-refractivity contribution is -0.143. The van der Waals surface area contributed by atoms with Gasteiger partial charge in [0.15, 0.2) is 0 Å². The third-order valence-corrected chi connectivity index (χ3v) is 5.19. The zero-order chi connectivity index (χ0) is 17.8. The van der Waals surface area contributed by atoms with E-state index >= 15 is 0 Å². The average molecular weight is 354 g/mol. The summed E-state index contributed by atoms with van der Waals surface area (Å²) in [4.78, 5) is 22.5. The summed E-state index contributed by atoms with van der Waals surface area (Å²) in [5.74, 6) is -1.04. The summed E-state index contributed by atoms with van der Waals surface area (Å²) in [5.41, 5.74) is 2.45. The molecule has 2 radical (unpaired) electrons. The predicted molar refractivity (Wildman–Crippen MR) is 96.5 cm³/mol. The van der Waals surface area contributed by atoms with Gasteiger partial charge in [-0.15, -0.1) is 0 Å². The molecule has 0 amide bonds. The predicted octanol–water partition coefficient (Wildman–Crippen LogP) is 2.91. The van der Waals surface area contributed by atoms with Crippen molar-refractivity contribution in [1.82, 2.24) is 0 Å². The molecule has 0 fully saturated rings. The molecule has 0 saturated carbocycles. The Hall–Kier alpha value is -2.60. The number of carbonyl (C=O) groups excluding carboxylic acids is 1. The Bertz CT molecular complexity index is 928. The van der Waals surface area contributed by atoms with Crippen LogP contribution in [0.25, 0.3) is 21.9 Å². The molecule has 3 aromatic rings. The lowest BCUT2D eigenvalue weighted by Crippen LogP contribution is -2.17. The van der Waals surface area contributed by atoms with Gasteiger partial charge in [-0.25, -0.2) is 0 Å². The highest BCUT2D eigenvalue weighted by Crippen LogP contribution is 2.30. The number of carbonyl (C=O) groups is 2. The monoisotopic (exact) mass is 354 g/mol. The number of esters is 1. The van der Waals surface area contributed by atoms with Crippen LogP contribution in [0.2, 0.25) is 6.04 Å². The summed E-state index contributed by atoms with van der Waals surface area (Å²) in [6.07, 6.45) is 0.848. The van der Waals surface area contributed by atoms with Gasteiger partial charge in [-0.3, -0.25) is 9.59 Å². The highest BCUT2D eigenvalue weighted by atomic mass is 28.2. The van der Waals surface area contributed by atoms with E-state index in [1.807, 2.05) is 36.4 Å². The van der Waals surface area contributed by atoms with E-state index in [0.29, 0.717) is 19.4 Å². The van der Waals surface area contributed by atoms with E-state index in [2.05, 4.69) is 0 Å². The first-order chi connectivity index (χ1) is 12.1. The van der Waals surface area contributed by atoms with Gasteiger partial charge in [0, 0.05) is 23.2 Å². The number of carboxylic acid groups (broad SMARTS) is 1. The number of fused-ring (bicyclic) bond motifs is 3. The van der Waals surface area contributed by atoms with Gasteiger partial charge in [-0.1, -0.05) is 36.4 Å². The van der Waals surface area contributed by atoms with E-state index in [0.717, 1.165) is 32.7 Å². The summed E-state index contributed by atoms with van der Waals surface area (Å²) in [6.45, 7) is 2.17. The Morgan fingerprint density at radius 1 is 1.12 bits per heavy atom. The molecule has 0 atom stereocenters. The Kier molecular flexibility index (Phi) is 5.18. The van der Waals surface area contributed by atoms with Crippen LogP contribution in [-0.4, -0.2) is 33.2 Å². The zero-order valence-corrected chi connectivity index (χ0v) is 14.9. The largest absolute Gasteiger partial charge is 0.481 e. The van der Waals surface area contributed by atoms with Crippen molar-refractivity contribution in [2.75, 3.05) is 6.61 Å². The van der Waals surface area contributed by atoms with Gasteiger partial charge >= 0.3 is 11.9 Å². The van der Waals surface area contributed by atoms with E-state index in [4.69, 9.17) is 14.3 Å². The molecule has 0 aliphatic rings. The van der Waals surface area contributed by atoms with Crippen molar-refractivity contribution in [3.63, 3.8) is 0 Å². The molecule has 2 aromatic carbocycles. The van der Waals surface area contributed by atoms with Gasteiger partial charge in [0.05, 0.1) is 16.1 Å². The fourth-order valence-corrected chi connectivity index (χ4v) is 3.76. The van der Waals surface area contributed by atoms with Gasteiger partial charge in [-0.2, -0.15) is 0 Å². The second kappa shape index (κ2) is 7.52. The van der Waals surface area contributed by atoms with Gasteiger partial charge < -0.3 is 14.3 Å². The zero-order valence-electron chi connectivity index (χ0n) is 13.9. The number of para-hydroxylation sites is 2. The number of benzene rings is 2. The van der Waals surface area contributed by atoms with Gasteiger partial charge in [0.25, 0.3) is 0 Å². The standard InChI is InChI=1S/C19H18O5Si/c1-2-23-17(22)10-9-12-5-3-6-13-14-7-4-8-15(25-11-16(20)21)19(14)24-18(12)13/h3-8H,2,9-11H2,1H3,(H,20,21). The molecule has 0 aliphatic heterocycles. The Morgan fingerprint density at radius 3 is 2.56 bits per heavy atom. The lowest BCUT2D eigenvalue weighted by Gasteiger charge is -2.02. The fraction of sp³-hybridized carbons (Fsp3) is 0.263. The Balaban J connectivity index is 1.98. The maximum absolute atomic E-state index is 11.6. The van der Waals surface area contributed by atoms with Crippen LogP contribution in [0.4, 0.5) is 0 Å². The van der Waals surface area contributed by atoms with Crippen LogP contribution >= 0.6 is 0 Å². The molecular weight excluding hydrogens is 336 g/mol. The Labute approximate surface area is 147 Å². The van der Waals surface area contributed by atoms with Crippen LogP contribution in [0.1, 0.15) is 18.9 Å². The molecule has 0 unspecified atom stereocenters. The topological polar surface area (TPSA) is 76.7 Å². The van der Waals surface area contributed by atoms with E-state index in [1.54, 1.807) is 6.92 Å². The van der Waals surface area contributed by atoms with Crippen LogP contribution in [0, 0.1) is 0 Å². The number of furan rings is 1. The quantitative estimate of drug-likeness (QED) is 0.521. The maximum Gasteiger partial charge on any atom is 0.306 e. The SMILES string of the molecule is CCOC(=O)CCc1cccc2c1oc1c([Si]CC(=O)O)cccc12. The summed E-state index contributed by atoms with van der Waals surface area (Å²) in [6, 6.07) is 11.8. The molecule has 6 heteroatoms. The molecule has 25 heavy (non-hydrogen) atoms. The minimum Gasteiger partial charge on any atom is -0.481 e. The number of aryl methyl sites for hydroxylation is 1. The molecule has 1 heterocycles. The average Bonchev–Trinajstić information content (AvgIpc) is 2.98. The molecule has 5 nitrogen and oxygen atoms in total. The van der Waals surface area contributed by atoms with Crippen molar-refractivity contribution >= 4 is 48.6 Å². The number of hydrogen-bond donors (Lipinski definition) is 1. The number of hydrogen-bond acceptors (Lipinski definition) is 4. The first kappa shape index (κ1) is 17.2. The third kappa shape index (κ3) is 3.74. The van der Waals surface area contributed by atoms with Crippen LogP contribution in [-0.2, 0) is 20.7 Å². The van der Waals surface area contributed by atoms with E-state index < -0.39 is 5.97 Å². The van der Waals surface area contributed by atoms with Crippen molar-refractivity contribution in [2.24, 2.45) is 0 Å². The van der Waals surface area contributed by atoms with E-state index in [-0.39, 0.29) is 21.5 Å². The van der Waals surface area contributed by atoms with Crippen LogP contribution in [0.15, 0.2) is 40.8 Å². The molecule has 0 spiro atoms. The maximum atomic E-state index is 11.6. The Morgan fingerprint density at radius 2 is 1.84 bits per heavy atom. The smallest absolute Gasteiger partial charge is 0.306 e. The molecule has 3 rings (SSSR count). The lowest BCUT2D eigenvalue weighted by atomic mass is 10.1. The molecule has 128 valence electrons. The van der Waals surface area contributed by atoms with Gasteiger partial charge in [-0.05, 0) is 24.1 Å². The highest BCUT2D eigenvalue weighted by molar-refractivity contribution is 6.59. The summed E-state index contributed by atoms with van der Waals surface area (Å²) in [5, 5.41) is 11.8. The van der Waals surface area contributed by atoms with Crippen LogP contribution in [0.3, 0.4) is 0 Å². The normalized spacial score (nSPS) is 11.1. The summed E-state index contributed by atoms with van der Waals surface area (Å²) in [7, 11) is 0.150. The van der Waals surface area contributed by atoms with Crippen LogP contribution < -0.4 is 5.19 Å². The minimum absolute atomic E-state index is 0.0892. The van der Waals surface area contributed by atoms with Crippen molar-refractivity contribution in [1.29, 1.82) is 0 Å². The molecular formula is C19H18O5Si. The van der Waals surface area contributed by atoms with Crippen molar-refractivity contribution in [3.05, 3.63) is 42.0 Å². The molecule has 0 bridgehead atoms. The van der Waals surface area contributed by atoms with Crippen LogP contribution in [0.5, 0.6) is 0 Å². The number of aliphatic carboxylic acids is 1. The molecule has 1 aromatic heterocycles. The second-order valence-electron chi connectivity index (χ2n) is 5.63. The van der Waals surface area contributed by atoms with Crippen molar-refractivity contribution < 1.29 is 23.8 Å². The molecule has 0 saturated heterocycles. The number of carboxylic acids is 1. The van der Waals surface area contributed by atoms with E-state index in [1.165, 1.54) is 0 Å². The van der Waals surface area contributed by atoms with E-state index in [9.17, 15) is 9.59 Å². The van der Waals surface area contributed by atoms with Gasteiger partial charge in [0.1, 0.15) is 11.2 Å². The molecule has 0 aliphatic carbocycles. The first-order valence-corrected chi connectivity index (χ1v) is 9.35. The summed E-state index contributed by atoms with van der Waals surface area (Å²) >= 11 is 0. The highest BCUT2D eigenvalue weighted by Gasteiger charge is 2.15. The fourth-order valence-electron chi connectivity index (χ4n) is 2.86. The number of ether oxygens (including phenoxy) is 1.